The fraction of sp³-hybridized carbons (Fsp3) is 0.167. The number of ether oxygens (including phenoxy) is 1. The second-order valence-corrected chi connectivity index (χ2v) is 7.18. The second-order valence-electron chi connectivity index (χ2n) is 6.77. The van der Waals surface area contributed by atoms with E-state index in [1.807, 2.05) is 42.5 Å². The molecule has 0 atom stereocenters. The van der Waals surface area contributed by atoms with Gasteiger partial charge in [-0.25, -0.2) is 4.85 Å². The number of rotatable bonds is 7. The molecule has 0 bridgehead atoms. The van der Waals surface area contributed by atoms with Crippen LogP contribution >= 0.6 is 11.6 Å². The Morgan fingerprint density at radius 2 is 1.59 bits per heavy atom. The van der Waals surface area contributed by atoms with Crippen molar-refractivity contribution in [1.29, 1.82) is 0 Å². The van der Waals surface area contributed by atoms with E-state index in [1.165, 1.54) is 0 Å². The van der Waals surface area contributed by atoms with E-state index in [4.69, 9.17) is 22.9 Å². The van der Waals surface area contributed by atoms with Crippen LogP contribution in [0.5, 0.6) is 5.75 Å². The van der Waals surface area contributed by atoms with Crippen LogP contribution in [0.25, 0.3) is 15.6 Å². The third-order valence-corrected chi connectivity index (χ3v) is 5.07. The highest BCUT2D eigenvalue weighted by molar-refractivity contribution is 6.32. The first-order valence-corrected chi connectivity index (χ1v) is 9.92. The Kier molecular flexibility index (Phi) is 7.42. The largest absolute Gasteiger partial charge is 0.495 e. The summed E-state index contributed by atoms with van der Waals surface area (Å²) in [7, 11) is 1.58. The van der Waals surface area contributed by atoms with Gasteiger partial charge in [0.1, 0.15) is 5.75 Å². The van der Waals surface area contributed by atoms with E-state index in [1.54, 1.807) is 25.6 Å². The van der Waals surface area contributed by atoms with Crippen LogP contribution in [0.1, 0.15) is 18.6 Å². The van der Waals surface area contributed by atoms with Gasteiger partial charge in [-0.2, -0.15) is 0 Å². The van der Waals surface area contributed by atoms with Crippen LogP contribution in [-0.2, 0) is 13.1 Å². The molecular formula is C24H23ClN6O. The number of aromatic nitrogens is 3. The molecule has 32 heavy (non-hydrogen) atoms. The maximum atomic E-state index is 7.36. The summed E-state index contributed by atoms with van der Waals surface area (Å²) in [4.78, 5) is 7.58. The van der Waals surface area contributed by atoms with Crippen molar-refractivity contribution in [2.75, 3.05) is 17.7 Å². The number of anilines is 2. The predicted octanol–water partition coefficient (Wildman–Crippen LogP) is 6.10. The minimum absolute atomic E-state index is 0. The molecule has 0 unspecified atom stereocenters. The Hall–Kier alpha value is -3.89. The molecule has 8 heteroatoms. The molecule has 4 aromatic rings. The maximum Gasteiger partial charge on any atom is 0.188 e. The first-order valence-electron chi connectivity index (χ1n) is 9.55. The zero-order valence-electron chi connectivity index (χ0n) is 16.8. The Morgan fingerprint density at radius 3 is 2.25 bits per heavy atom. The van der Waals surface area contributed by atoms with Gasteiger partial charge in [0.25, 0.3) is 0 Å². The molecule has 0 saturated carbocycles. The summed E-state index contributed by atoms with van der Waals surface area (Å²) in [6.45, 7) is 8.45. The van der Waals surface area contributed by atoms with Gasteiger partial charge in [0.2, 0.25) is 0 Å². The normalized spacial score (nSPS) is 10.2. The summed E-state index contributed by atoms with van der Waals surface area (Å²) in [5.74, 6) is 1.88. The van der Waals surface area contributed by atoms with Gasteiger partial charge >= 0.3 is 0 Å². The van der Waals surface area contributed by atoms with E-state index in [-0.39, 0.29) is 7.43 Å². The highest BCUT2D eigenvalue weighted by atomic mass is 35.5. The molecular weight excluding hydrogens is 424 g/mol. The second kappa shape index (κ2) is 10.4. The van der Waals surface area contributed by atoms with Crippen molar-refractivity contribution < 1.29 is 4.74 Å². The van der Waals surface area contributed by atoms with Crippen molar-refractivity contribution >= 4 is 39.7 Å². The lowest BCUT2D eigenvalue weighted by atomic mass is 10.1. The van der Waals surface area contributed by atoms with Gasteiger partial charge in [0, 0.05) is 36.3 Å². The number of methoxy groups -OCH3 is 1. The smallest absolute Gasteiger partial charge is 0.188 e. The zero-order valence-corrected chi connectivity index (χ0v) is 17.5. The Morgan fingerprint density at radius 1 is 0.906 bits per heavy atom. The first kappa shape index (κ1) is 22.8. The highest BCUT2D eigenvalue weighted by Gasteiger charge is 2.11. The fourth-order valence-corrected chi connectivity index (χ4v) is 3.45. The summed E-state index contributed by atoms with van der Waals surface area (Å²) < 4.78 is 5.20. The lowest BCUT2D eigenvalue weighted by molar-refractivity contribution is 0.415. The van der Waals surface area contributed by atoms with Crippen molar-refractivity contribution in [2.24, 2.45) is 0 Å². The van der Waals surface area contributed by atoms with Crippen LogP contribution in [-0.4, -0.2) is 22.3 Å². The zero-order chi connectivity index (χ0) is 21.6. The molecule has 2 aromatic heterocycles. The minimum atomic E-state index is 0. The molecule has 0 amide bonds. The minimum Gasteiger partial charge on any atom is -0.495 e. The van der Waals surface area contributed by atoms with Gasteiger partial charge in [-0.15, -0.1) is 10.2 Å². The molecule has 2 heterocycles. The Labute approximate surface area is 192 Å². The molecule has 0 fully saturated rings. The van der Waals surface area contributed by atoms with E-state index in [9.17, 15) is 0 Å². The predicted molar refractivity (Wildman–Crippen MR) is 129 cm³/mol. The Bertz CT molecular complexity index is 1260. The third kappa shape index (κ3) is 5.05. The third-order valence-electron chi connectivity index (χ3n) is 4.78. The van der Waals surface area contributed by atoms with Gasteiger partial charge in [0.05, 0.1) is 18.7 Å². The summed E-state index contributed by atoms with van der Waals surface area (Å²) >= 11 is 6.23. The topological polar surface area (TPSA) is 76.3 Å². The molecule has 2 aromatic carbocycles. The number of fused-ring (bicyclic) bond motifs is 1. The number of pyridine rings is 1. The van der Waals surface area contributed by atoms with Crippen molar-refractivity contribution in [3.63, 3.8) is 0 Å². The average molecular weight is 447 g/mol. The van der Waals surface area contributed by atoms with E-state index >= 15 is 0 Å². The van der Waals surface area contributed by atoms with Gasteiger partial charge in [-0.05, 0) is 41.5 Å². The van der Waals surface area contributed by atoms with Gasteiger partial charge < -0.3 is 15.4 Å². The monoisotopic (exact) mass is 446 g/mol. The lowest BCUT2D eigenvalue weighted by Gasteiger charge is -2.13. The summed E-state index contributed by atoms with van der Waals surface area (Å²) in [5, 5.41) is 17.6. The molecule has 2 N–H and O–H groups in total. The summed E-state index contributed by atoms with van der Waals surface area (Å²) in [6.07, 6.45) is 3.50. The maximum absolute atomic E-state index is 7.36. The molecule has 0 aliphatic carbocycles. The molecule has 0 aliphatic rings. The van der Waals surface area contributed by atoms with Gasteiger partial charge in [-0.1, -0.05) is 37.2 Å². The first-order chi connectivity index (χ1) is 15.2. The fourth-order valence-electron chi connectivity index (χ4n) is 3.17. The number of benzene rings is 2. The quantitative estimate of drug-likeness (QED) is 0.334. The van der Waals surface area contributed by atoms with Gasteiger partial charge in [0.15, 0.2) is 17.3 Å². The molecule has 0 spiro atoms. The molecule has 162 valence electrons. The molecule has 0 radical (unpaired) electrons. The standard InChI is InChI=1S/C23H19ClN6O.CH4/c1-25-17-4-5-18-19(12-17)23(28-14-16-3-6-21(31-2)20(24)11-16)30-29-22(18)27-13-15-7-9-26-10-8-15;/h3-12H,13-14H2,2H3,(H,27,29)(H,28,30);1H4. The lowest BCUT2D eigenvalue weighted by Crippen LogP contribution is -2.07. The molecule has 4 rings (SSSR count). The van der Waals surface area contributed by atoms with Crippen molar-refractivity contribution in [3.05, 3.63) is 88.5 Å². The summed E-state index contributed by atoms with van der Waals surface area (Å²) in [6, 6.07) is 15.0. The summed E-state index contributed by atoms with van der Waals surface area (Å²) in [5.41, 5.74) is 2.60. The van der Waals surface area contributed by atoms with Crippen LogP contribution in [0.4, 0.5) is 17.3 Å². The van der Waals surface area contributed by atoms with Crippen molar-refractivity contribution in [2.45, 2.75) is 20.5 Å². The van der Waals surface area contributed by atoms with Gasteiger partial charge in [-0.3, -0.25) is 4.98 Å². The Balaban J connectivity index is 0.00000289. The molecule has 7 nitrogen and oxygen atoms in total. The number of hydrogen-bond donors (Lipinski definition) is 2. The van der Waals surface area contributed by atoms with Crippen LogP contribution in [0, 0.1) is 6.57 Å². The average Bonchev–Trinajstić information content (AvgIpc) is 2.82. The van der Waals surface area contributed by atoms with E-state index in [0.717, 1.165) is 21.9 Å². The van der Waals surface area contributed by atoms with Crippen LogP contribution in [0.2, 0.25) is 5.02 Å². The number of hydrogen-bond acceptors (Lipinski definition) is 6. The van der Waals surface area contributed by atoms with Crippen molar-refractivity contribution in [3.8, 4) is 5.75 Å². The molecule has 0 saturated heterocycles. The number of nitrogens with one attached hydrogen (secondary N) is 2. The SMILES string of the molecule is C.[C-]#[N+]c1ccc2c(NCc3ccncc3)nnc(NCc3ccc(OC)c(Cl)c3)c2c1. The van der Waals surface area contributed by atoms with E-state index in [2.05, 4.69) is 30.7 Å². The van der Waals surface area contributed by atoms with Crippen LogP contribution < -0.4 is 15.4 Å². The van der Waals surface area contributed by atoms with E-state index in [0.29, 0.717) is 41.2 Å². The molecule has 0 aliphatic heterocycles. The van der Waals surface area contributed by atoms with Crippen molar-refractivity contribution in [1.82, 2.24) is 15.2 Å². The highest BCUT2D eigenvalue weighted by Crippen LogP contribution is 2.31. The van der Waals surface area contributed by atoms with E-state index < -0.39 is 0 Å². The van der Waals surface area contributed by atoms with Crippen LogP contribution in [0.3, 0.4) is 0 Å². The number of nitrogens with zero attached hydrogens (tertiary/aromatic N) is 4. The number of halogens is 1. The van der Waals surface area contributed by atoms with Crippen LogP contribution in [0.15, 0.2) is 60.9 Å².